The summed E-state index contributed by atoms with van der Waals surface area (Å²) in [6.07, 6.45) is 2.66. The second-order valence-electron chi connectivity index (χ2n) is 5.48. The molecule has 0 radical (unpaired) electrons. The summed E-state index contributed by atoms with van der Waals surface area (Å²) in [4.78, 5) is 0. The van der Waals surface area contributed by atoms with Gasteiger partial charge in [0.05, 0.1) is 6.07 Å². The predicted molar refractivity (Wildman–Crippen MR) is 80.1 cm³/mol. The molecule has 20 heavy (non-hydrogen) atoms. The Labute approximate surface area is 120 Å². The number of aryl methyl sites for hydroxylation is 1. The zero-order valence-electron chi connectivity index (χ0n) is 11.5. The fourth-order valence-corrected chi connectivity index (χ4v) is 2.89. The predicted octanol–water partition coefficient (Wildman–Crippen LogP) is 3.23. The molecule has 2 nitrogen and oxygen atoms in total. The molecule has 0 heterocycles. The molecule has 0 saturated heterocycles. The zero-order chi connectivity index (χ0) is 13.8. The Balaban J connectivity index is 1.75. The van der Waals surface area contributed by atoms with Gasteiger partial charge in [-0.3, -0.25) is 5.32 Å². The summed E-state index contributed by atoms with van der Waals surface area (Å²) in [5, 5.41) is 13.1. The van der Waals surface area contributed by atoms with Gasteiger partial charge in [0.15, 0.2) is 0 Å². The summed E-state index contributed by atoms with van der Waals surface area (Å²) in [6.45, 7) is 0.747. The first-order valence-corrected chi connectivity index (χ1v) is 7.08. The highest BCUT2D eigenvalue weighted by Gasteiger charge is 2.33. The van der Waals surface area contributed by atoms with Gasteiger partial charge >= 0.3 is 0 Å². The zero-order valence-corrected chi connectivity index (χ0v) is 11.5. The van der Waals surface area contributed by atoms with Gasteiger partial charge in [-0.15, -0.1) is 0 Å². The molecule has 1 aliphatic carbocycles. The first kappa shape index (κ1) is 12.9. The van der Waals surface area contributed by atoms with Crippen molar-refractivity contribution in [1.82, 2.24) is 5.32 Å². The third-order valence-corrected chi connectivity index (χ3v) is 4.12. The van der Waals surface area contributed by atoms with Crippen LogP contribution in [0.3, 0.4) is 0 Å². The molecule has 0 spiro atoms. The molecular formula is C18H18N2. The lowest BCUT2D eigenvalue weighted by Gasteiger charge is -2.33. The van der Waals surface area contributed by atoms with Crippen LogP contribution < -0.4 is 5.32 Å². The standard InChI is InChI=1S/C18H18N2/c19-14-18(20-13-15-6-2-1-3-7-15)11-10-16-8-4-5-9-17(16)12-18/h1-9,20H,10-13H2. The van der Waals surface area contributed by atoms with Gasteiger partial charge in [-0.05, 0) is 29.5 Å². The molecule has 3 rings (SSSR count). The number of fused-ring (bicyclic) bond motifs is 1. The number of benzene rings is 2. The Kier molecular flexibility index (Phi) is 3.54. The normalized spacial score (nSPS) is 20.9. The number of nitrogens with zero attached hydrogens (tertiary/aromatic N) is 1. The summed E-state index contributed by atoms with van der Waals surface area (Å²) in [5.41, 5.74) is 3.49. The van der Waals surface area contributed by atoms with Crippen LogP contribution in [0.2, 0.25) is 0 Å². The van der Waals surface area contributed by atoms with Crippen LogP contribution >= 0.6 is 0 Å². The topological polar surface area (TPSA) is 35.8 Å². The second-order valence-corrected chi connectivity index (χ2v) is 5.48. The minimum absolute atomic E-state index is 0.426. The maximum atomic E-state index is 9.63. The van der Waals surface area contributed by atoms with Crippen LogP contribution in [0.4, 0.5) is 0 Å². The van der Waals surface area contributed by atoms with Crippen LogP contribution in [0.1, 0.15) is 23.1 Å². The molecule has 0 saturated carbocycles. The van der Waals surface area contributed by atoms with Gasteiger partial charge < -0.3 is 0 Å². The van der Waals surface area contributed by atoms with Crippen LogP contribution in [-0.2, 0) is 19.4 Å². The fourth-order valence-electron chi connectivity index (χ4n) is 2.89. The van der Waals surface area contributed by atoms with Crippen LogP contribution in [0.25, 0.3) is 0 Å². The summed E-state index contributed by atoms with van der Waals surface area (Å²) < 4.78 is 0. The third-order valence-electron chi connectivity index (χ3n) is 4.12. The Bertz CT molecular complexity index is 627. The average Bonchev–Trinajstić information content (AvgIpc) is 2.54. The van der Waals surface area contributed by atoms with E-state index in [0.29, 0.717) is 0 Å². The van der Waals surface area contributed by atoms with Crippen molar-refractivity contribution in [3.05, 3.63) is 71.3 Å². The minimum atomic E-state index is -0.426. The van der Waals surface area contributed by atoms with E-state index < -0.39 is 5.54 Å². The molecule has 0 bridgehead atoms. The van der Waals surface area contributed by atoms with E-state index in [1.165, 1.54) is 16.7 Å². The Hall–Kier alpha value is -2.11. The number of nitriles is 1. The lowest BCUT2D eigenvalue weighted by atomic mass is 9.79. The van der Waals surface area contributed by atoms with Gasteiger partial charge in [0.1, 0.15) is 5.54 Å². The lowest BCUT2D eigenvalue weighted by Crippen LogP contribution is -2.47. The third kappa shape index (κ3) is 2.59. The number of hydrogen-bond donors (Lipinski definition) is 1. The van der Waals surface area contributed by atoms with Gasteiger partial charge in [0.2, 0.25) is 0 Å². The van der Waals surface area contributed by atoms with Crippen LogP contribution in [-0.4, -0.2) is 5.54 Å². The van der Waals surface area contributed by atoms with Gasteiger partial charge in [-0.1, -0.05) is 54.6 Å². The first-order chi connectivity index (χ1) is 9.81. The van der Waals surface area contributed by atoms with Crippen molar-refractivity contribution in [1.29, 1.82) is 5.26 Å². The summed E-state index contributed by atoms with van der Waals surface area (Å²) >= 11 is 0. The summed E-state index contributed by atoms with van der Waals surface area (Å²) in [6, 6.07) is 21.2. The Morgan fingerprint density at radius 3 is 2.45 bits per heavy atom. The molecule has 2 aromatic carbocycles. The molecule has 1 aliphatic rings. The van der Waals surface area contributed by atoms with Crippen molar-refractivity contribution in [2.24, 2.45) is 0 Å². The second kappa shape index (κ2) is 5.48. The van der Waals surface area contributed by atoms with E-state index in [1.807, 2.05) is 18.2 Å². The summed E-state index contributed by atoms with van der Waals surface area (Å²) in [7, 11) is 0. The van der Waals surface area contributed by atoms with Crippen molar-refractivity contribution in [2.75, 3.05) is 0 Å². The highest BCUT2D eigenvalue weighted by Crippen LogP contribution is 2.28. The molecule has 0 fully saturated rings. The van der Waals surface area contributed by atoms with Gasteiger partial charge in [0, 0.05) is 13.0 Å². The number of hydrogen-bond acceptors (Lipinski definition) is 2. The van der Waals surface area contributed by atoms with E-state index in [1.54, 1.807) is 0 Å². The van der Waals surface area contributed by atoms with E-state index in [-0.39, 0.29) is 0 Å². The highest BCUT2D eigenvalue weighted by atomic mass is 15.0. The maximum Gasteiger partial charge on any atom is 0.111 e. The van der Waals surface area contributed by atoms with Gasteiger partial charge in [-0.25, -0.2) is 0 Å². The lowest BCUT2D eigenvalue weighted by molar-refractivity contribution is 0.364. The molecule has 0 aromatic heterocycles. The average molecular weight is 262 g/mol. The quantitative estimate of drug-likeness (QED) is 0.921. The van der Waals surface area contributed by atoms with Crippen molar-refractivity contribution < 1.29 is 0 Å². The highest BCUT2D eigenvalue weighted by molar-refractivity contribution is 5.35. The SMILES string of the molecule is N#CC1(NCc2ccccc2)CCc2ccccc2C1. The fraction of sp³-hybridized carbons (Fsp3) is 0.278. The van der Waals surface area contributed by atoms with E-state index >= 15 is 0 Å². The largest absolute Gasteiger partial charge is 0.295 e. The molecule has 100 valence electrons. The molecule has 1 unspecified atom stereocenters. The van der Waals surface area contributed by atoms with E-state index in [4.69, 9.17) is 0 Å². The van der Waals surface area contributed by atoms with Crippen LogP contribution in [0.5, 0.6) is 0 Å². The molecule has 2 heteroatoms. The van der Waals surface area contributed by atoms with E-state index in [2.05, 4.69) is 47.8 Å². The minimum Gasteiger partial charge on any atom is -0.295 e. The first-order valence-electron chi connectivity index (χ1n) is 7.08. The van der Waals surface area contributed by atoms with Crippen LogP contribution in [0, 0.1) is 11.3 Å². The van der Waals surface area contributed by atoms with Gasteiger partial charge in [-0.2, -0.15) is 5.26 Å². The van der Waals surface area contributed by atoms with Crippen molar-refractivity contribution in [3.63, 3.8) is 0 Å². The molecule has 1 N–H and O–H groups in total. The molecule has 2 aromatic rings. The molecule has 0 amide bonds. The van der Waals surface area contributed by atoms with E-state index in [0.717, 1.165) is 25.8 Å². The summed E-state index contributed by atoms with van der Waals surface area (Å²) in [5.74, 6) is 0. The number of nitrogens with one attached hydrogen (secondary N) is 1. The van der Waals surface area contributed by atoms with Crippen molar-refractivity contribution >= 4 is 0 Å². The maximum absolute atomic E-state index is 9.63. The van der Waals surface area contributed by atoms with Crippen LogP contribution in [0.15, 0.2) is 54.6 Å². The van der Waals surface area contributed by atoms with Gasteiger partial charge in [0.25, 0.3) is 0 Å². The molecule has 0 aliphatic heterocycles. The Morgan fingerprint density at radius 1 is 1.00 bits per heavy atom. The number of rotatable bonds is 3. The smallest absolute Gasteiger partial charge is 0.111 e. The van der Waals surface area contributed by atoms with Crippen molar-refractivity contribution in [2.45, 2.75) is 31.3 Å². The Morgan fingerprint density at radius 2 is 1.70 bits per heavy atom. The molecule has 1 atom stereocenters. The van der Waals surface area contributed by atoms with Crippen molar-refractivity contribution in [3.8, 4) is 6.07 Å². The monoisotopic (exact) mass is 262 g/mol. The molecular weight excluding hydrogens is 244 g/mol. The van der Waals surface area contributed by atoms with E-state index in [9.17, 15) is 5.26 Å².